The van der Waals surface area contributed by atoms with Crippen molar-refractivity contribution in [3.8, 4) is 0 Å². The van der Waals surface area contributed by atoms with Gasteiger partial charge in [0, 0.05) is 0 Å². The van der Waals surface area contributed by atoms with Gasteiger partial charge in [-0.2, -0.15) is 0 Å². The summed E-state index contributed by atoms with van der Waals surface area (Å²) in [4.78, 5) is 24.8. The van der Waals surface area contributed by atoms with E-state index in [0.717, 1.165) is 0 Å². The molecule has 0 fully saturated rings. The lowest BCUT2D eigenvalue weighted by Crippen LogP contribution is -2.28. The highest BCUT2D eigenvalue weighted by Gasteiger charge is 2.21. The molecule has 0 aliphatic carbocycles. The number of ketones is 1. The average Bonchev–Trinajstić information content (AvgIpc) is 1.88. The molecule has 0 saturated carbocycles. The summed E-state index contributed by atoms with van der Waals surface area (Å²) in [5, 5.41) is 0. The fourth-order valence-corrected chi connectivity index (χ4v) is 0.590. The van der Waals surface area contributed by atoms with Gasteiger partial charge in [0.25, 0.3) is 0 Å². The van der Waals surface area contributed by atoms with Crippen LogP contribution in [0.5, 0.6) is 0 Å². The predicted molar refractivity (Wildman–Crippen MR) is 40.7 cm³/mol. The minimum absolute atomic E-state index is 0.248. The van der Waals surface area contributed by atoms with Crippen LogP contribution in [0.2, 0.25) is 0 Å². The second-order valence-corrected chi connectivity index (χ2v) is 1.95. The molecule has 62 valence electrons. The molecule has 0 aromatic heterocycles. The number of aliphatic imine (C=N–C) groups is 1. The molecule has 4 heteroatoms. The summed E-state index contributed by atoms with van der Waals surface area (Å²) in [6.07, 6.45) is 0. The second-order valence-electron chi connectivity index (χ2n) is 1.95. The predicted octanol–water partition coefficient (Wildman–Crippen LogP) is 0.208. The molecule has 0 radical (unpaired) electrons. The number of ether oxygens (including phenoxy) is 1. The third-order valence-corrected chi connectivity index (χ3v) is 1.08. The Labute approximate surface area is 65.3 Å². The number of carbonyl (C=O) groups is 2. The van der Waals surface area contributed by atoms with E-state index in [-0.39, 0.29) is 12.4 Å². The van der Waals surface area contributed by atoms with Crippen molar-refractivity contribution in [1.82, 2.24) is 0 Å². The smallest absolute Gasteiger partial charge is 0.338 e. The molecule has 0 aromatic carbocycles. The van der Waals surface area contributed by atoms with Crippen molar-refractivity contribution >= 4 is 18.5 Å². The Morgan fingerprint density at radius 3 is 2.45 bits per heavy atom. The van der Waals surface area contributed by atoms with Crippen molar-refractivity contribution < 1.29 is 14.3 Å². The van der Waals surface area contributed by atoms with Crippen LogP contribution in [-0.4, -0.2) is 31.1 Å². The molecule has 1 atom stereocenters. The van der Waals surface area contributed by atoms with Gasteiger partial charge >= 0.3 is 5.97 Å². The summed E-state index contributed by atoms with van der Waals surface area (Å²) < 4.78 is 4.56. The third-order valence-electron chi connectivity index (χ3n) is 1.08. The van der Waals surface area contributed by atoms with Gasteiger partial charge in [-0.3, -0.25) is 9.79 Å². The first kappa shape index (κ1) is 9.81. The Morgan fingerprint density at radius 2 is 2.18 bits per heavy atom. The molecule has 0 saturated heterocycles. The van der Waals surface area contributed by atoms with Gasteiger partial charge < -0.3 is 4.74 Å². The zero-order chi connectivity index (χ0) is 8.85. The maximum absolute atomic E-state index is 10.8. The Kier molecular flexibility index (Phi) is 4.10. The topological polar surface area (TPSA) is 55.7 Å². The van der Waals surface area contributed by atoms with Gasteiger partial charge in [0.05, 0.1) is 6.61 Å². The largest absolute Gasteiger partial charge is 0.464 e. The van der Waals surface area contributed by atoms with Crippen LogP contribution < -0.4 is 0 Å². The molecule has 0 rings (SSSR count). The number of hydrogen-bond donors (Lipinski definition) is 0. The molecular formula is C7H11NO3. The Hall–Kier alpha value is -1.19. The monoisotopic (exact) mass is 157 g/mol. The van der Waals surface area contributed by atoms with Crippen LogP contribution in [0.1, 0.15) is 13.8 Å². The van der Waals surface area contributed by atoms with Gasteiger partial charge in [-0.15, -0.1) is 0 Å². The molecule has 0 aromatic rings. The van der Waals surface area contributed by atoms with E-state index in [4.69, 9.17) is 0 Å². The molecule has 11 heavy (non-hydrogen) atoms. The van der Waals surface area contributed by atoms with Gasteiger partial charge in [0.15, 0.2) is 5.78 Å². The van der Waals surface area contributed by atoms with Crippen LogP contribution in [0.15, 0.2) is 4.99 Å². The van der Waals surface area contributed by atoms with Crippen molar-refractivity contribution in [2.75, 3.05) is 6.61 Å². The number of esters is 1. The van der Waals surface area contributed by atoms with Gasteiger partial charge in [0.1, 0.15) is 0 Å². The van der Waals surface area contributed by atoms with E-state index < -0.39 is 12.0 Å². The zero-order valence-corrected chi connectivity index (χ0v) is 6.66. The van der Waals surface area contributed by atoms with Crippen LogP contribution in [-0.2, 0) is 14.3 Å². The summed E-state index contributed by atoms with van der Waals surface area (Å²) in [5.41, 5.74) is 0. The van der Waals surface area contributed by atoms with Crippen LogP contribution in [0.25, 0.3) is 0 Å². The maximum atomic E-state index is 10.8. The second kappa shape index (κ2) is 4.60. The van der Waals surface area contributed by atoms with Gasteiger partial charge in [0.2, 0.25) is 6.04 Å². The van der Waals surface area contributed by atoms with Crippen molar-refractivity contribution in [3.05, 3.63) is 0 Å². The number of nitrogens with zero attached hydrogens (tertiary/aromatic N) is 1. The molecule has 0 spiro atoms. The zero-order valence-electron chi connectivity index (χ0n) is 6.66. The first-order chi connectivity index (χ1) is 5.13. The van der Waals surface area contributed by atoms with Crippen molar-refractivity contribution in [2.24, 2.45) is 4.99 Å². The standard InChI is InChI=1S/C7H11NO3/c1-4-11-7(10)6(8-3)5(2)9/h6H,3-4H2,1-2H3. The quantitative estimate of drug-likeness (QED) is 0.333. The highest BCUT2D eigenvalue weighted by atomic mass is 16.5. The molecule has 0 bridgehead atoms. The lowest BCUT2D eigenvalue weighted by Gasteiger charge is -2.05. The summed E-state index contributed by atoms with van der Waals surface area (Å²) >= 11 is 0. The van der Waals surface area contributed by atoms with E-state index in [1.165, 1.54) is 6.92 Å². The van der Waals surface area contributed by atoms with E-state index in [9.17, 15) is 9.59 Å². The van der Waals surface area contributed by atoms with Gasteiger partial charge in [-0.05, 0) is 20.6 Å². The van der Waals surface area contributed by atoms with Gasteiger partial charge in [-0.1, -0.05) is 0 Å². The van der Waals surface area contributed by atoms with E-state index >= 15 is 0 Å². The van der Waals surface area contributed by atoms with Crippen LogP contribution >= 0.6 is 0 Å². The third kappa shape index (κ3) is 2.93. The molecule has 0 N–H and O–H groups in total. The minimum atomic E-state index is -1.05. The number of hydrogen-bond acceptors (Lipinski definition) is 4. The Balaban J connectivity index is 4.14. The normalized spacial score (nSPS) is 11.8. The highest BCUT2D eigenvalue weighted by Crippen LogP contribution is 1.95. The molecule has 0 aliphatic heterocycles. The average molecular weight is 157 g/mol. The van der Waals surface area contributed by atoms with Crippen LogP contribution in [0, 0.1) is 0 Å². The number of Topliss-reactive ketones (excluding diaryl/α,β-unsaturated/α-hetero) is 1. The van der Waals surface area contributed by atoms with Crippen LogP contribution in [0.3, 0.4) is 0 Å². The van der Waals surface area contributed by atoms with E-state index in [2.05, 4.69) is 16.4 Å². The SMILES string of the molecule is C=NC(C(C)=O)C(=O)OCC. The summed E-state index contributed by atoms with van der Waals surface area (Å²) in [5.74, 6) is -0.978. The highest BCUT2D eigenvalue weighted by molar-refractivity contribution is 6.02. The number of carbonyl (C=O) groups excluding carboxylic acids is 2. The maximum Gasteiger partial charge on any atom is 0.338 e. The molecule has 0 amide bonds. The molecule has 0 aliphatic rings. The lowest BCUT2D eigenvalue weighted by atomic mass is 10.2. The first-order valence-corrected chi connectivity index (χ1v) is 3.26. The molecule has 1 unspecified atom stereocenters. The summed E-state index contributed by atoms with van der Waals surface area (Å²) in [6, 6.07) is -1.05. The van der Waals surface area contributed by atoms with Crippen molar-refractivity contribution in [3.63, 3.8) is 0 Å². The molecular weight excluding hydrogens is 146 g/mol. The van der Waals surface area contributed by atoms with Crippen molar-refractivity contribution in [1.29, 1.82) is 0 Å². The van der Waals surface area contributed by atoms with Crippen LogP contribution in [0.4, 0.5) is 0 Å². The Bertz CT molecular complexity index is 177. The van der Waals surface area contributed by atoms with E-state index in [1.54, 1.807) is 6.92 Å². The van der Waals surface area contributed by atoms with E-state index in [1.807, 2.05) is 0 Å². The summed E-state index contributed by atoms with van der Waals surface area (Å²) in [7, 11) is 0. The molecule has 0 heterocycles. The lowest BCUT2D eigenvalue weighted by molar-refractivity contribution is -0.146. The van der Waals surface area contributed by atoms with Crippen molar-refractivity contribution in [2.45, 2.75) is 19.9 Å². The Morgan fingerprint density at radius 1 is 1.64 bits per heavy atom. The minimum Gasteiger partial charge on any atom is -0.464 e. The molecule has 4 nitrogen and oxygen atoms in total. The summed E-state index contributed by atoms with van der Waals surface area (Å²) in [6.45, 7) is 6.30. The number of rotatable bonds is 4. The fourth-order valence-electron chi connectivity index (χ4n) is 0.590. The fraction of sp³-hybridized carbons (Fsp3) is 0.571. The van der Waals surface area contributed by atoms with Gasteiger partial charge in [-0.25, -0.2) is 4.79 Å². The van der Waals surface area contributed by atoms with E-state index in [0.29, 0.717) is 0 Å². The first-order valence-electron chi connectivity index (χ1n) is 3.26.